The summed E-state index contributed by atoms with van der Waals surface area (Å²) in [6, 6.07) is 13.6. The number of aromatic hydroxyl groups is 1. The number of hydrogen-bond acceptors (Lipinski definition) is 4. The van der Waals surface area contributed by atoms with Gasteiger partial charge in [0.05, 0.1) is 12.2 Å². The zero-order valence-electron chi connectivity index (χ0n) is 10.8. The van der Waals surface area contributed by atoms with Crippen molar-refractivity contribution < 1.29 is 19.4 Å². The minimum absolute atomic E-state index is 0.0759. The highest BCUT2D eigenvalue weighted by Gasteiger charge is 2.23. The smallest absolute Gasteiger partial charge is 0.196 e. The third kappa shape index (κ3) is 2.81. The second kappa shape index (κ2) is 5.35. The predicted octanol–water partition coefficient (Wildman–Crippen LogP) is 2.40. The summed E-state index contributed by atoms with van der Waals surface area (Å²) in [7, 11) is 0. The number of ether oxygens (including phenoxy) is 2. The molecule has 1 heterocycles. The average Bonchev–Trinajstić information content (AvgIpc) is 3.30. The number of epoxide rings is 1. The molecule has 20 heavy (non-hydrogen) atoms. The highest BCUT2D eigenvalue weighted by atomic mass is 16.6. The van der Waals surface area contributed by atoms with E-state index in [0.29, 0.717) is 17.9 Å². The lowest BCUT2D eigenvalue weighted by atomic mass is 10.0. The molecule has 102 valence electrons. The molecule has 2 aromatic carbocycles. The lowest BCUT2D eigenvalue weighted by molar-refractivity contribution is 0.103. The number of phenolic OH excluding ortho intramolecular Hbond substituents is 1. The number of ketones is 1. The van der Waals surface area contributed by atoms with Crippen molar-refractivity contribution in [3.05, 3.63) is 59.7 Å². The van der Waals surface area contributed by atoms with Gasteiger partial charge in [-0.25, -0.2) is 0 Å². The molecule has 0 unspecified atom stereocenters. The van der Waals surface area contributed by atoms with Gasteiger partial charge in [-0.15, -0.1) is 0 Å². The van der Waals surface area contributed by atoms with Crippen molar-refractivity contribution in [1.29, 1.82) is 0 Å². The van der Waals surface area contributed by atoms with E-state index in [1.807, 2.05) is 6.07 Å². The highest BCUT2D eigenvalue weighted by Crippen LogP contribution is 2.26. The van der Waals surface area contributed by atoms with Gasteiger partial charge in [-0.3, -0.25) is 4.79 Å². The molecule has 0 saturated carbocycles. The van der Waals surface area contributed by atoms with Gasteiger partial charge < -0.3 is 14.6 Å². The van der Waals surface area contributed by atoms with Crippen LogP contribution in [0.4, 0.5) is 0 Å². The standard InChI is InChI=1S/C16H14O4/c17-15-8-12(19-9-13-10-20-13)6-7-14(15)16(18)11-4-2-1-3-5-11/h1-8,13,17H,9-10H2/t13-/m0/s1. The molecule has 0 aliphatic carbocycles. The van der Waals surface area contributed by atoms with E-state index in [1.165, 1.54) is 6.07 Å². The zero-order valence-corrected chi connectivity index (χ0v) is 10.8. The topological polar surface area (TPSA) is 59.1 Å². The summed E-state index contributed by atoms with van der Waals surface area (Å²) in [6.07, 6.45) is 0.155. The van der Waals surface area contributed by atoms with Gasteiger partial charge in [0.25, 0.3) is 0 Å². The molecule has 1 N–H and O–H groups in total. The molecule has 4 heteroatoms. The highest BCUT2D eigenvalue weighted by molar-refractivity contribution is 6.10. The first-order valence-corrected chi connectivity index (χ1v) is 6.41. The van der Waals surface area contributed by atoms with Crippen LogP contribution in [-0.2, 0) is 4.74 Å². The van der Waals surface area contributed by atoms with Crippen LogP contribution in [0.25, 0.3) is 0 Å². The number of benzene rings is 2. The molecule has 0 aromatic heterocycles. The maximum atomic E-state index is 12.2. The molecular formula is C16H14O4. The zero-order chi connectivity index (χ0) is 13.9. The summed E-state index contributed by atoms with van der Waals surface area (Å²) in [5.74, 6) is 0.246. The van der Waals surface area contributed by atoms with E-state index < -0.39 is 0 Å². The van der Waals surface area contributed by atoms with Crippen LogP contribution in [0.5, 0.6) is 11.5 Å². The third-order valence-electron chi connectivity index (χ3n) is 3.09. The average molecular weight is 270 g/mol. The van der Waals surface area contributed by atoms with E-state index >= 15 is 0 Å². The van der Waals surface area contributed by atoms with Crippen LogP contribution < -0.4 is 4.74 Å². The number of hydrogen-bond donors (Lipinski definition) is 1. The maximum Gasteiger partial charge on any atom is 0.196 e. The van der Waals surface area contributed by atoms with Crippen molar-refractivity contribution in [2.45, 2.75) is 6.10 Å². The van der Waals surface area contributed by atoms with E-state index in [2.05, 4.69) is 0 Å². The van der Waals surface area contributed by atoms with E-state index in [1.54, 1.807) is 36.4 Å². The number of carbonyl (C=O) groups excluding carboxylic acids is 1. The Hall–Kier alpha value is -2.33. The normalized spacial score (nSPS) is 16.7. The van der Waals surface area contributed by atoms with E-state index in [9.17, 15) is 9.90 Å². The molecule has 0 spiro atoms. The van der Waals surface area contributed by atoms with Gasteiger partial charge in [-0.1, -0.05) is 30.3 Å². The fourth-order valence-corrected chi connectivity index (χ4v) is 1.89. The van der Waals surface area contributed by atoms with Crippen molar-refractivity contribution >= 4 is 5.78 Å². The third-order valence-corrected chi connectivity index (χ3v) is 3.09. The Bertz CT molecular complexity index is 618. The summed E-state index contributed by atoms with van der Waals surface area (Å²) in [6.45, 7) is 1.18. The monoisotopic (exact) mass is 270 g/mol. The number of carbonyl (C=O) groups is 1. The predicted molar refractivity (Wildman–Crippen MR) is 73.2 cm³/mol. The van der Waals surface area contributed by atoms with Crippen LogP contribution in [0.2, 0.25) is 0 Å². The van der Waals surface area contributed by atoms with Crippen molar-refractivity contribution in [1.82, 2.24) is 0 Å². The molecular weight excluding hydrogens is 256 g/mol. The Morgan fingerprint density at radius 3 is 2.65 bits per heavy atom. The molecule has 2 aromatic rings. The molecule has 3 rings (SSSR count). The van der Waals surface area contributed by atoms with Gasteiger partial charge in [-0.2, -0.15) is 0 Å². The first-order chi connectivity index (χ1) is 9.74. The van der Waals surface area contributed by atoms with Gasteiger partial charge >= 0.3 is 0 Å². The molecule has 4 nitrogen and oxygen atoms in total. The number of rotatable bonds is 5. The Labute approximate surface area is 116 Å². The van der Waals surface area contributed by atoms with Crippen LogP contribution in [-0.4, -0.2) is 30.2 Å². The van der Waals surface area contributed by atoms with Gasteiger partial charge in [0.15, 0.2) is 5.78 Å². The SMILES string of the molecule is O=C(c1ccccc1)c1ccc(OC[C@H]2CO2)cc1O. The van der Waals surface area contributed by atoms with Gasteiger partial charge in [-0.05, 0) is 12.1 Å². The van der Waals surface area contributed by atoms with Crippen LogP contribution in [0, 0.1) is 0 Å². The number of phenols is 1. The fourth-order valence-electron chi connectivity index (χ4n) is 1.89. The Balaban J connectivity index is 1.77. The summed E-state index contributed by atoms with van der Waals surface area (Å²) >= 11 is 0. The van der Waals surface area contributed by atoms with Crippen molar-refractivity contribution in [2.24, 2.45) is 0 Å². The van der Waals surface area contributed by atoms with Gasteiger partial charge in [0.2, 0.25) is 0 Å². The van der Waals surface area contributed by atoms with Crippen molar-refractivity contribution in [3.63, 3.8) is 0 Å². The molecule has 0 amide bonds. The molecule has 1 saturated heterocycles. The molecule has 1 aliphatic rings. The molecule has 1 fully saturated rings. The fraction of sp³-hybridized carbons (Fsp3) is 0.188. The molecule has 0 radical (unpaired) electrons. The van der Waals surface area contributed by atoms with Crippen LogP contribution in [0.3, 0.4) is 0 Å². The first-order valence-electron chi connectivity index (χ1n) is 6.41. The second-order valence-electron chi connectivity index (χ2n) is 4.64. The lowest BCUT2D eigenvalue weighted by Gasteiger charge is -2.08. The van der Waals surface area contributed by atoms with Crippen LogP contribution in [0.1, 0.15) is 15.9 Å². The summed E-state index contributed by atoms with van der Waals surface area (Å²) in [4.78, 5) is 12.2. The Kier molecular flexibility index (Phi) is 3.39. The Morgan fingerprint density at radius 1 is 1.25 bits per heavy atom. The molecule has 0 bridgehead atoms. The van der Waals surface area contributed by atoms with Crippen LogP contribution >= 0.6 is 0 Å². The largest absolute Gasteiger partial charge is 0.507 e. The molecule has 1 atom stereocenters. The van der Waals surface area contributed by atoms with Crippen molar-refractivity contribution in [2.75, 3.05) is 13.2 Å². The van der Waals surface area contributed by atoms with E-state index in [4.69, 9.17) is 9.47 Å². The van der Waals surface area contributed by atoms with Crippen LogP contribution in [0.15, 0.2) is 48.5 Å². The van der Waals surface area contributed by atoms with E-state index in [0.717, 1.165) is 6.61 Å². The van der Waals surface area contributed by atoms with Gasteiger partial charge in [0, 0.05) is 11.6 Å². The van der Waals surface area contributed by atoms with E-state index in [-0.39, 0.29) is 23.2 Å². The maximum absolute atomic E-state index is 12.2. The minimum Gasteiger partial charge on any atom is -0.507 e. The first kappa shape index (κ1) is 12.7. The molecule has 1 aliphatic heterocycles. The van der Waals surface area contributed by atoms with Gasteiger partial charge in [0.1, 0.15) is 24.2 Å². The summed E-state index contributed by atoms with van der Waals surface area (Å²) < 4.78 is 10.5. The van der Waals surface area contributed by atoms with Crippen molar-refractivity contribution in [3.8, 4) is 11.5 Å². The second-order valence-corrected chi connectivity index (χ2v) is 4.64. The Morgan fingerprint density at radius 2 is 2.00 bits per heavy atom. The minimum atomic E-state index is -0.208. The summed E-state index contributed by atoms with van der Waals surface area (Å²) in [5.41, 5.74) is 0.814. The lowest BCUT2D eigenvalue weighted by Crippen LogP contribution is -2.05. The quantitative estimate of drug-likeness (QED) is 0.669. The summed E-state index contributed by atoms with van der Waals surface area (Å²) in [5, 5.41) is 9.97.